The minimum Gasteiger partial charge on any atom is -0.339 e. The summed E-state index contributed by atoms with van der Waals surface area (Å²) >= 11 is 0. The molecule has 0 fully saturated rings. The SMILES string of the molecule is N[Si](N)(CCC(F)(F)C(F)(F)C(F)(F)C(F)(F)C(F)(F)F)CCC(F)(F)C(F)(F)C(F)(F)C(F)(F)C(F)(F)F. The summed E-state index contributed by atoms with van der Waals surface area (Å²) in [5, 5.41) is 9.75. The van der Waals surface area contributed by atoms with Gasteiger partial charge in [0.05, 0.1) is 0 Å². The molecule has 0 aromatic carbocycles. The Hall–Kier alpha value is -1.40. The lowest BCUT2D eigenvalue weighted by atomic mass is 9.96. The summed E-state index contributed by atoms with van der Waals surface area (Å²) in [5.74, 6) is -59.8. The van der Waals surface area contributed by atoms with Crippen LogP contribution in [0.3, 0.4) is 0 Å². The third-order valence-corrected chi connectivity index (χ3v) is 7.38. The van der Waals surface area contributed by atoms with E-state index in [0.29, 0.717) is 0 Å². The minimum absolute atomic E-state index is 2.21. The molecule has 0 unspecified atom stereocenters. The lowest BCUT2D eigenvalue weighted by molar-refractivity contribution is -0.422. The maximum atomic E-state index is 13.6. The number of alkyl halides is 22. The molecule has 0 aliphatic heterocycles. The Balaban J connectivity index is 5.90. The molecule has 236 valence electrons. The third-order valence-electron chi connectivity index (χ3n) is 5.02. The first kappa shape index (κ1) is 37.6. The van der Waals surface area contributed by atoms with E-state index < -0.39 is 93.1 Å². The molecule has 2 nitrogen and oxygen atoms in total. The van der Waals surface area contributed by atoms with Crippen LogP contribution in [-0.4, -0.2) is 68.1 Å². The second-order valence-electron chi connectivity index (χ2n) is 8.08. The van der Waals surface area contributed by atoms with Crippen molar-refractivity contribution < 1.29 is 96.6 Å². The largest absolute Gasteiger partial charge is 0.460 e. The van der Waals surface area contributed by atoms with Crippen molar-refractivity contribution in [1.29, 1.82) is 0 Å². The smallest absolute Gasteiger partial charge is 0.339 e. The highest BCUT2D eigenvalue weighted by molar-refractivity contribution is 6.73. The molecule has 0 rings (SSSR count). The molecule has 0 aromatic rings. The van der Waals surface area contributed by atoms with E-state index in [1.54, 1.807) is 0 Å². The van der Waals surface area contributed by atoms with E-state index in [0.717, 1.165) is 0 Å². The number of hydrogen-bond donors (Lipinski definition) is 2. The normalized spacial score (nSPS) is 16.6. The van der Waals surface area contributed by atoms with Crippen LogP contribution in [0.2, 0.25) is 12.1 Å². The van der Waals surface area contributed by atoms with Crippen molar-refractivity contribution in [3.63, 3.8) is 0 Å². The first-order valence-electron chi connectivity index (χ1n) is 9.15. The summed E-state index contributed by atoms with van der Waals surface area (Å²) < 4.78 is 284. The minimum atomic E-state index is -7.89. The molecule has 0 radical (unpaired) electrons. The number of rotatable bonds is 12. The van der Waals surface area contributed by atoms with Gasteiger partial charge in [-0.25, -0.2) is 0 Å². The zero-order valence-corrected chi connectivity index (χ0v) is 18.8. The predicted molar refractivity (Wildman–Crippen MR) is 84.7 cm³/mol. The quantitative estimate of drug-likeness (QED) is 0.171. The molecule has 0 heterocycles. The Kier molecular flexibility index (Phi) is 9.50. The second kappa shape index (κ2) is 9.86. The average molecular weight is 654 g/mol. The lowest BCUT2D eigenvalue weighted by Gasteiger charge is -2.38. The van der Waals surface area contributed by atoms with Crippen LogP contribution < -0.4 is 10.8 Å². The Bertz CT molecular complexity index is 788. The van der Waals surface area contributed by atoms with Crippen LogP contribution in [0.1, 0.15) is 12.8 Å². The summed E-state index contributed by atoms with van der Waals surface area (Å²) in [6.07, 6.45) is -21.1. The van der Waals surface area contributed by atoms with Crippen LogP contribution in [0.4, 0.5) is 96.6 Å². The summed E-state index contributed by atoms with van der Waals surface area (Å²) in [4.78, 5) is 0. The van der Waals surface area contributed by atoms with Crippen LogP contribution in [0.15, 0.2) is 0 Å². The molecule has 0 spiro atoms. The number of hydrogen-bond acceptors (Lipinski definition) is 2. The van der Waals surface area contributed by atoms with Gasteiger partial charge in [-0.1, -0.05) is 0 Å². The molecule has 0 saturated heterocycles. The second-order valence-corrected chi connectivity index (χ2v) is 11.6. The molecule has 25 heteroatoms. The van der Waals surface area contributed by atoms with Gasteiger partial charge in [0.25, 0.3) is 0 Å². The molecule has 0 amide bonds. The van der Waals surface area contributed by atoms with Crippen molar-refractivity contribution in [2.45, 2.75) is 84.7 Å². The molecule has 4 N–H and O–H groups in total. The van der Waals surface area contributed by atoms with Crippen molar-refractivity contribution in [1.82, 2.24) is 0 Å². The molecule has 0 aliphatic carbocycles. The molecule has 0 bridgehead atoms. The standard InChI is InChI=1S/C14H12F22N2Si/c15-5(16,7(19,20)9(23,24)11(27,28)13(31,32)33)1-3-39(37,38)4-2-6(17,18)8(21,22)10(25,26)12(29,30)14(34,35)36/h1-4,37-38H2. The molecule has 0 aromatic heterocycles. The Morgan fingerprint density at radius 1 is 0.333 bits per heavy atom. The van der Waals surface area contributed by atoms with Gasteiger partial charge in [0.15, 0.2) is 8.40 Å². The van der Waals surface area contributed by atoms with Gasteiger partial charge in [0, 0.05) is 12.8 Å². The maximum absolute atomic E-state index is 13.6. The molecular formula is C14H12F22N2Si. The monoisotopic (exact) mass is 654 g/mol. The van der Waals surface area contributed by atoms with Gasteiger partial charge < -0.3 is 10.8 Å². The summed E-state index contributed by atoms with van der Waals surface area (Å²) in [6.45, 7) is 0. The van der Waals surface area contributed by atoms with E-state index in [1.165, 1.54) is 0 Å². The predicted octanol–water partition coefficient (Wildman–Crippen LogP) is 7.33. The van der Waals surface area contributed by atoms with Crippen molar-refractivity contribution in [2.24, 2.45) is 10.8 Å². The summed E-state index contributed by atoms with van der Waals surface area (Å²) in [6, 6.07) is -4.42. The van der Waals surface area contributed by atoms with Crippen LogP contribution in [-0.2, 0) is 0 Å². The fourth-order valence-corrected chi connectivity index (χ4v) is 4.24. The molecule has 0 saturated carbocycles. The van der Waals surface area contributed by atoms with Gasteiger partial charge in [-0.2, -0.15) is 96.6 Å². The van der Waals surface area contributed by atoms with E-state index >= 15 is 0 Å². The zero-order valence-electron chi connectivity index (χ0n) is 17.8. The summed E-state index contributed by atoms with van der Waals surface area (Å²) in [7, 11) is -5.30. The average Bonchev–Trinajstić information content (AvgIpc) is 2.68. The zero-order chi connectivity index (χ0) is 32.3. The Labute approximate surface area is 201 Å². The van der Waals surface area contributed by atoms with Gasteiger partial charge in [-0.3, -0.25) is 0 Å². The van der Waals surface area contributed by atoms with Gasteiger partial charge in [0.2, 0.25) is 0 Å². The fourth-order valence-electron chi connectivity index (χ4n) is 2.43. The molecule has 39 heavy (non-hydrogen) atoms. The van der Waals surface area contributed by atoms with E-state index in [-0.39, 0.29) is 0 Å². The number of nitrogens with two attached hydrogens (primary N) is 2. The third kappa shape index (κ3) is 6.12. The van der Waals surface area contributed by atoms with Crippen molar-refractivity contribution in [3.05, 3.63) is 0 Å². The van der Waals surface area contributed by atoms with E-state index in [4.69, 9.17) is 10.8 Å². The van der Waals surface area contributed by atoms with Crippen molar-refractivity contribution >= 4 is 8.40 Å². The highest BCUT2D eigenvalue weighted by atomic mass is 28.3. The maximum Gasteiger partial charge on any atom is 0.460 e. The van der Waals surface area contributed by atoms with Gasteiger partial charge in [0.1, 0.15) is 0 Å². The molecular weight excluding hydrogens is 642 g/mol. The van der Waals surface area contributed by atoms with Gasteiger partial charge >= 0.3 is 59.7 Å². The highest BCUT2D eigenvalue weighted by Gasteiger charge is 2.88. The summed E-state index contributed by atoms with van der Waals surface area (Å²) in [5.41, 5.74) is 0. The van der Waals surface area contributed by atoms with E-state index in [2.05, 4.69) is 0 Å². The van der Waals surface area contributed by atoms with E-state index in [1.807, 2.05) is 0 Å². The first-order chi connectivity index (χ1) is 16.4. The van der Waals surface area contributed by atoms with Crippen LogP contribution in [0, 0.1) is 0 Å². The highest BCUT2D eigenvalue weighted by Crippen LogP contribution is 2.60. The topological polar surface area (TPSA) is 52.0 Å². The van der Waals surface area contributed by atoms with Crippen LogP contribution >= 0.6 is 0 Å². The van der Waals surface area contributed by atoms with Crippen molar-refractivity contribution in [3.8, 4) is 0 Å². The van der Waals surface area contributed by atoms with Gasteiger partial charge in [-0.15, -0.1) is 0 Å². The Morgan fingerprint density at radius 2 is 0.538 bits per heavy atom. The lowest BCUT2D eigenvalue weighted by Crippen LogP contribution is -2.67. The van der Waals surface area contributed by atoms with Crippen LogP contribution in [0.25, 0.3) is 0 Å². The van der Waals surface area contributed by atoms with Crippen molar-refractivity contribution in [2.75, 3.05) is 0 Å². The molecule has 0 aliphatic rings. The molecule has 0 atom stereocenters. The Morgan fingerprint density at radius 3 is 0.718 bits per heavy atom. The van der Waals surface area contributed by atoms with Crippen LogP contribution in [0.5, 0.6) is 0 Å². The fraction of sp³-hybridized carbons (Fsp3) is 1.00. The first-order valence-corrected chi connectivity index (χ1v) is 11.7. The van der Waals surface area contributed by atoms with E-state index in [9.17, 15) is 96.6 Å². The number of halogens is 22. The van der Waals surface area contributed by atoms with Gasteiger partial charge in [-0.05, 0) is 12.1 Å².